The van der Waals surface area contributed by atoms with E-state index in [2.05, 4.69) is 27.0 Å². The molecule has 2 aromatic rings. The summed E-state index contributed by atoms with van der Waals surface area (Å²) in [6.07, 6.45) is 6.75. The highest BCUT2D eigenvalue weighted by atomic mass is 35.5. The lowest BCUT2D eigenvalue weighted by Crippen LogP contribution is -3.00. The Morgan fingerprint density at radius 2 is 2.05 bits per heavy atom. The molecule has 0 aliphatic carbocycles. The van der Waals surface area contributed by atoms with Crippen LogP contribution in [0.2, 0.25) is 0 Å². The maximum Gasteiger partial charge on any atom is 0.118 e. The Balaban J connectivity index is 0.00000180. The third kappa shape index (κ3) is 5.32. The van der Waals surface area contributed by atoms with Gasteiger partial charge in [-0.15, -0.1) is 0 Å². The molecule has 4 nitrogen and oxygen atoms in total. The van der Waals surface area contributed by atoms with Crippen molar-refractivity contribution in [3.8, 4) is 5.75 Å². The van der Waals surface area contributed by atoms with E-state index in [0.29, 0.717) is 0 Å². The predicted octanol–water partition coefficient (Wildman–Crippen LogP) is -0.924. The lowest BCUT2D eigenvalue weighted by Gasteiger charge is -2.06. The van der Waals surface area contributed by atoms with Gasteiger partial charge in [-0.25, -0.2) is 4.98 Å². The highest BCUT2D eigenvalue weighted by molar-refractivity contribution is 5.26. The molecule has 0 spiro atoms. The van der Waals surface area contributed by atoms with Gasteiger partial charge in [0.1, 0.15) is 5.75 Å². The van der Waals surface area contributed by atoms with Crippen molar-refractivity contribution in [3.05, 3.63) is 48.5 Å². The van der Waals surface area contributed by atoms with E-state index in [1.807, 2.05) is 30.9 Å². The minimum absolute atomic E-state index is 0. The van der Waals surface area contributed by atoms with Crippen molar-refractivity contribution in [3.63, 3.8) is 0 Å². The van der Waals surface area contributed by atoms with Gasteiger partial charge in [0.15, 0.2) is 0 Å². The first kappa shape index (κ1) is 15.5. The highest BCUT2D eigenvalue weighted by Crippen LogP contribution is 2.10. The minimum Gasteiger partial charge on any atom is -1.00 e. The number of nitrogens with one attached hydrogen (secondary N) is 1. The molecule has 1 aromatic carbocycles. The second-order valence-corrected chi connectivity index (χ2v) is 4.18. The van der Waals surface area contributed by atoms with Crippen molar-refractivity contribution in [1.82, 2.24) is 14.9 Å². The van der Waals surface area contributed by atoms with E-state index in [0.717, 1.165) is 31.8 Å². The molecule has 19 heavy (non-hydrogen) atoms. The highest BCUT2D eigenvalue weighted by Gasteiger charge is 1.94. The molecule has 0 atom stereocenters. The quantitative estimate of drug-likeness (QED) is 0.667. The van der Waals surface area contributed by atoms with Crippen LogP contribution in [0.3, 0.4) is 0 Å². The van der Waals surface area contributed by atoms with Gasteiger partial charge in [0.2, 0.25) is 0 Å². The minimum atomic E-state index is 0. The zero-order valence-corrected chi connectivity index (χ0v) is 11.8. The number of aryl methyl sites for hydroxylation is 1. The van der Waals surface area contributed by atoms with Crippen LogP contribution in [0, 0.1) is 0 Å². The maximum atomic E-state index is 5.12. The third-order valence-electron chi connectivity index (χ3n) is 2.82. The molecule has 0 unspecified atom stereocenters. The molecule has 1 heterocycles. The zero-order chi connectivity index (χ0) is 12.6. The smallest absolute Gasteiger partial charge is 0.118 e. The zero-order valence-electron chi connectivity index (χ0n) is 11.1. The fraction of sp³-hybridized carbons (Fsp3) is 0.357. The summed E-state index contributed by atoms with van der Waals surface area (Å²) in [5, 5.41) is 3.43. The van der Waals surface area contributed by atoms with Gasteiger partial charge in [0.25, 0.3) is 0 Å². The summed E-state index contributed by atoms with van der Waals surface area (Å²) in [5.74, 6) is 0.902. The molecule has 0 bridgehead atoms. The summed E-state index contributed by atoms with van der Waals surface area (Å²) >= 11 is 0. The van der Waals surface area contributed by atoms with Crippen molar-refractivity contribution < 1.29 is 17.1 Å². The SMILES string of the molecule is COc1ccc(CNCCCn2ccnc2)cc1.[Cl-]. The van der Waals surface area contributed by atoms with Crippen LogP contribution in [0.25, 0.3) is 0 Å². The lowest BCUT2D eigenvalue weighted by atomic mass is 10.2. The number of hydrogen-bond donors (Lipinski definition) is 1. The van der Waals surface area contributed by atoms with Gasteiger partial charge < -0.3 is 27.0 Å². The Labute approximate surface area is 120 Å². The first-order valence-electron chi connectivity index (χ1n) is 6.18. The Hall–Kier alpha value is -1.52. The van der Waals surface area contributed by atoms with Crippen LogP contribution in [-0.2, 0) is 13.1 Å². The molecular formula is C14H19ClN3O-. The number of nitrogens with zero attached hydrogens (tertiary/aromatic N) is 2. The number of imidazole rings is 1. The average molecular weight is 281 g/mol. The van der Waals surface area contributed by atoms with Gasteiger partial charge in [-0.3, -0.25) is 0 Å². The Kier molecular flexibility index (Phi) is 7.00. The number of benzene rings is 1. The topological polar surface area (TPSA) is 39.1 Å². The Morgan fingerprint density at radius 3 is 2.68 bits per heavy atom. The first-order chi connectivity index (χ1) is 8.88. The number of aromatic nitrogens is 2. The summed E-state index contributed by atoms with van der Waals surface area (Å²) in [6.45, 7) is 2.91. The first-order valence-corrected chi connectivity index (χ1v) is 6.18. The van der Waals surface area contributed by atoms with Crippen molar-refractivity contribution in [2.75, 3.05) is 13.7 Å². The number of rotatable bonds is 7. The maximum absolute atomic E-state index is 5.12. The molecule has 0 saturated carbocycles. The molecule has 1 aromatic heterocycles. The average Bonchev–Trinajstić information content (AvgIpc) is 2.92. The fourth-order valence-electron chi connectivity index (χ4n) is 1.78. The molecule has 0 radical (unpaired) electrons. The van der Waals surface area contributed by atoms with Crippen LogP contribution >= 0.6 is 0 Å². The van der Waals surface area contributed by atoms with E-state index in [-0.39, 0.29) is 12.4 Å². The van der Waals surface area contributed by atoms with E-state index in [4.69, 9.17) is 4.74 Å². The summed E-state index contributed by atoms with van der Waals surface area (Å²) in [6, 6.07) is 8.15. The van der Waals surface area contributed by atoms with E-state index < -0.39 is 0 Å². The molecule has 0 fully saturated rings. The Morgan fingerprint density at radius 1 is 1.26 bits per heavy atom. The predicted molar refractivity (Wildman–Crippen MR) is 71.5 cm³/mol. The van der Waals surface area contributed by atoms with Gasteiger partial charge in [-0.1, -0.05) is 12.1 Å². The van der Waals surface area contributed by atoms with Crippen molar-refractivity contribution in [1.29, 1.82) is 0 Å². The molecule has 2 rings (SSSR count). The molecule has 0 aliphatic heterocycles. The van der Waals surface area contributed by atoms with E-state index >= 15 is 0 Å². The third-order valence-corrected chi connectivity index (χ3v) is 2.82. The second kappa shape index (κ2) is 8.56. The fourth-order valence-corrected chi connectivity index (χ4v) is 1.78. The lowest BCUT2D eigenvalue weighted by molar-refractivity contribution is -0.00000413. The monoisotopic (exact) mass is 280 g/mol. The van der Waals surface area contributed by atoms with E-state index in [9.17, 15) is 0 Å². The summed E-state index contributed by atoms with van der Waals surface area (Å²) in [7, 11) is 1.68. The molecule has 0 amide bonds. The van der Waals surface area contributed by atoms with Crippen molar-refractivity contribution >= 4 is 0 Å². The van der Waals surface area contributed by atoms with Crippen LogP contribution in [0.5, 0.6) is 5.75 Å². The molecule has 5 heteroatoms. The second-order valence-electron chi connectivity index (χ2n) is 4.18. The number of methoxy groups -OCH3 is 1. The molecule has 0 aliphatic rings. The van der Waals surface area contributed by atoms with Crippen LogP contribution in [0.15, 0.2) is 43.0 Å². The number of halogens is 1. The number of ether oxygens (including phenoxy) is 1. The standard InChI is InChI=1S/C14H19N3O.ClH/c1-18-14-5-3-13(4-6-14)11-15-7-2-9-17-10-8-16-12-17;/h3-6,8,10,12,15H,2,7,9,11H2,1H3;1H/p-1. The van der Waals surface area contributed by atoms with Crippen molar-refractivity contribution in [2.45, 2.75) is 19.5 Å². The van der Waals surface area contributed by atoms with Gasteiger partial charge in [-0.2, -0.15) is 0 Å². The summed E-state index contributed by atoms with van der Waals surface area (Å²) in [4.78, 5) is 4.02. The van der Waals surface area contributed by atoms with E-state index in [1.54, 1.807) is 7.11 Å². The Bertz CT molecular complexity index is 442. The van der Waals surface area contributed by atoms with Crippen LogP contribution in [-0.4, -0.2) is 23.2 Å². The van der Waals surface area contributed by atoms with Crippen molar-refractivity contribution in [2.24, 2.45) is 0 Å². The number of hydrogen-bond acceptors (Lipinski definition) is 3. The van der Waals surface area contributed by atoms with Gasteiger partial charge >= 0.3 is 0 Å². The molecule has 1 N–H and O–H groups in total. The summed E-state index contributed by atoms with van der Waals surface area (Å²) < 4.78 is 7.22. The van der Waals surface area contributed by atoms with Gasteiger partial charge in [0.05, 0.1) is 13.4 Å². The van der Waals surface area contributed by atoms with Gasteiger partial charge in [0, 0.05) is 25.5 Å². The van der Waals surface area contributed by atoms with E-state index in [1.165, 1.54) is 5.56 Å². The molecular weight excluding hydrogens is 262 g/mol. The van der Waals surface area contributed by atoms with Gasteiger partial charge in [-0.05, 0) is 30.7 Å². The normalized spacial score (nSPS) is 9.95. The largest absolute Gasteiger partial charge is 1.00 e. The van der Waals surface area contributed by atoms with Crippen LogP contribution in [0.1, 0.15) is 12.0 Å². The van der Waals surface area contributed by atoms with Crippen LogP contribution < -0.4 is 22.5 Å². The molecule has 104 valence electrons. The molecule has 0 saturated heterocycles. The summed E-state index contributed by atoms with van der Waals surface area (Å²) in [5.41, 5.74) is 1.28. The van der Waals surface area contributed by atoms with Crippen LogP contribution in [0.4, 0.5) is 0 Å².